The van der Waals surface area contributed by atoms with Crippen LogP contribution in [0.5, 0.6) is 11.5 Å². The largest absolute Gasteiger partial charge is 0.497 e. The summed E-state index contributed by atoms with van der Waals surface area (Å²) in [6, 6.07) is 16.3. The summed E-state index contributed by atoms with van der Waals surface area (Å²) < 4.78 is 39.0. The van der Waals surface area contributed by atoms with Crippen LogP contribution in [0.1, 0.15) is 5.56 Å². The molecular formula is C23H22N4O5S2. The molecule has 0 aliphatic heterocycles. The Kier molecular flexibility index (Phi) is 6.57. The van der Waals surface area contributed by atoms with Gasteiger partial charge in [0.05, 0.1) is 35.0 Å². The van der Waals surface area contributed by atoms with E-state index in [0.29, 0.717) is 33.1 Å². The molecule has 0 saturated carbocycles. The molecule has 9 nitrogen and oxygen atoms in total. The van der Waals surface area contributed by atoms with Crippen molar-refractivity contribution >= 4 is 54.1 Å². The number of sulfonamides is 1. The van der Waals surface area contributed by atoms with Gasteiger partial charge in [0.15, 0.2) is 5.13 Å². The van der Waals surface area contributed by atoms with E-state index in [4.69, 9.17) is 9.47 Å². The van der Waals surface area contributed by atoms with Crippen LogP contribution in [0.2, 0.25) is 0 Å². The van der Waals surface area contributed by atoms with Gasteiger partial charge in [-0.25, -0.2) is 18.2 Å². The number of methoxy groups -OCH3 is 2. The van der Waals surface area contributed by atoms with Crippen LogP contribution in [0.15, 0.2) is 65.6 Å². The fourth-order valence-corrected chi connectivity index (χ4v) is 5.26. The Labute approximate surface area is 200 Å². The van der Waals surface area contributed by atoms with Crippen molar-refractivity contribution < 1.29 is 22.7 Å². The van der Waals surface area contributed by atoms with E-state index >= 15 is 0 Å². The standard InChI is InChI=1S/C23H22N4O5S2/c1-14-4-8-17(9-5-14)34(29,30)27-23-26-19-10-6-15(12-21(19)33-23)24-22(28)25-18-11-7-16(31-2)13-20(18)32-3/h4-13H,1-3H3,(H,26,27)(H2,24,25,28). The topological polar surface area (TPSA) is 119 Å². The Morgan fingerprint density at radius 1 is 0.941 bits per heavy atom. The number of amides is 2. The number of urea groups is 1. The van der Waals surface area contributed by atoms with Crippen molar-refractivity contribution in [1.82, 2.24) is 4.98 Å². The molecule has 1 heterocycles. The zero-order valence-corrected chi connectivity index (χ0v) is 20.2. The molecular weight excluding hydrogens is 476 g/mol. The fourth-order valence-electron chi connectivity index (χ4n) is 3.12. The molecule has 3 aromatic carbocycles. The number of carbonyl (C=O) groups excluding carboxylic acids is 1. The lowest BCUT2D eigenvalue weighted by atomic mass is 10.2. The summed E-state index contributed by atoms with van der Waals surface area (Å²) in [6.07, 6.45) is 0. The van der Waals surface area contributed by atoms with Crippen molar-refractivity contribution in [3.63, 3.8) is 0 Å². The van der Waals surface area contributed by atoms with E-state index in [2.05, 4.69) is 20.3 Å². The van der Waals surface area contributed by atoms with Crippen LogP contribution in [-0.2, 0) is 10.0 Å². The van der Waals surface area contributed by atoms with Crippen LogP contribution < -0.4 is 24.8 Å². The van der Waals surface area contributed by atoms with Crippen molar-refractivity contribution in [1.29, 1.82) is 0 Å². The zero-order chi connectivity index (χ0) is 24.3. The summed E-state index contributed by atoms with van der Waals surface area (Å²) >= 11 is 1.17. The van der Waals surface area contributed by atoms with Crippen LogP contribution in [0.25, 0.3) is 10.2 Å². The normalized spacial score (nSPS) is 11.1. The van der Waals surface area contributed by atoms with E-state index in [-0.39, 0.29) is 10.0 Å². The van der Waals surface area contributed by atoms with Crippen molar-refractivity contribution in [3.05, 3.63) is 66.2 Å². The summed E-state index contributed by atoms with van der Waals surface area (Å²) in [5.74, 6) is 1.06. The van der Waals surface area contributed by atoms with Gasteiger partial charge in [-0.05, 0) is 49.4 Å². The third kappa shape index (κ3) is 5.21. The van der Waals surface area contributed by atoms with E-state index in [1.54, 1.807) is 67.8 Å². The first-order chi connectivity index (χ1) is 16.3. The quantitative estimate of drug-likeness (QED) is 0.327. The highest BCUT2D eigenvalue weighted by molar-refractivity contribution is 7.93. The molecule has 0 bridgehead atoms. The monoisotopic (exact) mass is 498 g/mol. The molecule has 34 heavy (non-hydrogen) atoms. The second-order valence-corrected chi connectivity index (χ2v) is 9.98. The van der Waals surface area contributed by atoms with E-state index in [0.717, 1.165) is 5.56 Å². The number of thiazole rings is 1. The Hall–Kier alpha value is -3.83. The number of anilines is 3. The number of hydrogen-bond acceptors (Lipinski definition) is 7. The Morgan fingerprint density at radius 3 is 2.41 bits per heavy atom. The first-order valence-corrected chi connectivity index (χ1v) is 12.4. The molecule has 0 fully saturated rings. The van der Waals surface area contributed by atoms with Crippen LogP contribution in [0, 0.1) is 6.92 Å². The number of aryl methyl sites for hydroxylation is 1. The minimum atomic E-state index is -3.76. The maximum absolute atomic E-state index is 12.6. The number of nitrogens with one attached hydrogen (secondary N) is 3. The summed E-state index contributed by atoms with van der Waals surface area (Å²) in [5.41, 5.74) is 2.57. The lowest BCUT2D eigenvalue weighted by molar-refractivity contribution is 0.262. The maximum atomic E-state index is 12.6. The molecule has 4 aromatic rings. The zero-order valence-electron chi connectivity index (χ0n) is 18.6. The maximum Gasteiger partial charge on any atom is 0.323 e. The van der Waals surface area contributed by atoms with Gasteiger partial charge in [0.1, 0.15) is 11.5 Å². The smallest absolute Gasteiger partial charge is 0.323 e. The lowest BCUT2D eigenvalue weighted by Crippen LogP contribution is -2.19. The Bertz CT molecular complexity index is 1450. The molecule has 0 spiro atoms. The third-order valence-corrected chi connectivity index (χ3v) is 7.27. The van der Waals surface area contributed by atoms with E-state index in [1.165, 1.54) is 18.4 Å². The number of fused-ring (bicyclic) bond motifs is 1. The van der Waals surface area contributed by atoms with Crippen molar-refractivity contribution in [2.24, 2.45) is 0 Å². The molecule has 0 atom stereocenters. The number of rotatable bonds is 7. The molecule has 0 saturated heterocycles. The first kappa shape index (κ1) is 23.3. The average molecular weight is 499 g/mol. The van der Waals surface area contributed by atoms with Gasteiger partial charge in [-0.1, -0.05) is 29.0 Å². The minimum absolute atomic E-state index is 0.158. The predicted octanol–water partition coefficient (Wildman–Crippen LogP) is 5.07. The molecule has 3 N–H and O–H groups in total. The Morgan fingerprint density at radius 2 is 1.71 bits per heavy atom. The molecule has 2 amide bonds. The number of ether oxygens (including phenoxy) is 2. The summed E-state index contributed by atoms with van der Waals surface area (Å²) in [6.45, 7) is 1.89. The second-order valence-electron chi connectivity index (χ2n) is 7.27. The molecule has 11 heteroatoms. The SMILES string of the molecule is COc1ccc(NC(=O)Nc2ccc3nc(NS(=O)(=O)c4ccc(C)cc4)sc3c2)c(OC)c1. The molecule has 1 aromatic heterocycles. The highest BCUT2D eigenvalue weighted by Gasteiger charge is 2.17. The number of benzene rings is 3. The second kappa shape index (κ2) is 9.57. The predicted molar refractivity (Wildman–Crippen MR) is 134 cm³/mol. The third-order valence-electron chi connectivity index (χ3n) is 4.86. The van der Waals surface area contributed by atoms with Gasteiger partial charge < -0.3 is 20.1 Å². The summed E-state index contributed by atoms with van der Waals surface area (Å²) in [4.78, 5) is 17.0. The molecule has 0 aliphatic carbocycles. The van der Waals surface area contributed by atoms with Crippen LogP contribution >= 0.6 is 11.3 Å². The highest BCUT2D eigenvalue weighted by atomic mass is 32.2. The molecule has 0 unspecified atom stereocenters. The highest BCUT2D eigenvalue weighted by Crippen LogP contribution is 2.31. The molecule has 176 valence electrons. The first-order valence-electron chi connectivity index (χ1n) is 10.1. The van der Waals surface area contributed by atoms with Gasteiger partial charge >= 0.3 is 6.03 Å². The molecule has 0 aliphatic rings. The van der Waals surface area contributed by atoms with Crippen molar-refractivity contribution in [2.45, 2.75) is 11.8 Å². The number of hydrogen-bond donors (Lipinski definition) is 3. The fraction of sp³-hybridized carbons (Fsp3) is 0.130. The van der Waals surface area contributed by atoms with Crippen LogP contribution in [-0.4, -0.2) is 33.7 Å². The summed E-state index contributed by atoms with van der Waals surface area (Å²) in [5, 5.41) is 5.72. The lowest BCUT2D eigenvalue weighted by Gasteiger charge is -2.12. The van der Waals surface area contributed by atoms with Gasteiger partial charge in [0.2, 0.25) is 0 Å². The van der Waals surface area contributed by atoms with Crippen LogP contribution in [0.3, 0.4) is 0 Å². The average Bonchev–Trinajstić information content (AvgIpc) is 3.20. The minimum Gasteiger partial charge on any atom is -0.497 e. The Balaban J connectivity index is 1.48. The van der Waals surface area contributed by atoms with Gasteiger partial charge in [-0.2, -0.15) is 0 Å². The van der Waals surface area contributed by atoms with E-state index in [9.17, 15) is 13.2 Å². The van der Waals surface area contributed by atoms with Crippen LogP contribution in [0.4, 0.5) is 21.3 Å². The number of aromatic nitrogens is 1. The van der Waals surface area contributed by atoms with Gasteiger partial charge in [0, 0.05) is 11.8 Å². The molecule has 4 rings (SSSR count). The van der Waals surface area contributed by atoms with Gasteiger partial charge in [-0.3, -0.25) is 4.72 Å². The van der Waals surface area contributed by atoms with E-state index < -0.39 is 16.1 Å². The molecule has 0 radical (unpaired) electrons. The van der Waals surface area contributed by atoms with Gasteiger partial charge in [-0.15, -0.1) is 0 Å². The van der Waals surface area contributed by atoms with Crippen molar-refractivity contribution in [2.75, 3.05) is 29.6 Å². The summed E-state index contributed by atoms with van der Waals surface area (Å²) in [7, 11) is -0.711. The van der Waals surface area contributed by atoms with Gasteiger partial charge in [0.25, 0.3) is 10.0 Å². The number of carbonyl (C=O) groups is 1. The van der Waals surface area contributed by atoms with Crippen molar-refractivity contribution in [3.8, 4) is 11.5 Å². The van der Waals surface area contributed by atoms with E-state index in [1.807, 2.05) is 6.92 Å². The number of nitrogens with zero attached hydrogens (tertiary/aromatic N) is 1.